The number of methoxy groups -OCH3 is 1. The largest absolute Gasteiger partial charge is 0.496 e. The Bertz CT molecular complexity index is 1130. The van der Waals surface area contributed by atoms with Crippen LogP contribution in [0.2, 0.25) is 0 Å². The van der Waals surface area contributed by atoms with Gasteiger partial charge in [-0.3, -0.25) is 4.79 Å². The van der Waals surface area contributed by atoms with Crippen LogP contribution in [0.15, 0.2) is 58.1 Å². The minimum Gasteiger partial charge on any atom is -0.496 e. The summed E-state index contributed by atoms with van der Waals surface area (Å²) in [4.78, 5) is 13.1. The summed E-state index contributed by atoms with van der Waals surface area (Å²) in [6, 6.07) is 13.8. The number of amides is 1. The number of thiophene rings is 1. The number of carbonyl (C=O) groups is 1. The van der Waals surface area contributed by atoms with Crippen molar-refractivity contribution in [3.63, 3.8) is 0 Å². The number of hydrogen-bond donors (Lipinski definition) is 1. The Labute approximate surface area is 174 Å². The quantitative estimate of drug-likeness (QED) is 0.661. The molecule has 6 nitrogen and oxygen atoms in total. The van der Waals surface area contributed by atoms with E-state index < -0.39 is 16.1 Å². The Morgan fingerprint density at radius 2 is 1.90 bits per heavy atom. The second-order valence-corrected chi connectivity index (χ2v) is 9.97. The molecule has 0 bridgehead atoms. The van der Waals surface area contributed by atoms with Gasteiger partial charge in [-0.05, 0) is 36.4 Å². The fourth-order valence-electron chi connectivity index (χ4n) is 3.76. The first-order chi connectivity index (χ1) is 14.0. The van der Waals surface area contributed by atoms with Crippen LogP contribution in [-0.2, 0) is 14.8 Å². The second kappa shape index (κ2) is 8.14. The number of fused-ring (bicyclic) bond motifs is 1. The van der Waals surface area contributed by atoms with Crippen LogP contribution in [0.25, 0.3) is 10.8 Å². The third kappa shape index (κ3) is 3.75. The molecule has 2 heterocycles. The van der Waals surface area contributed by atoms with Crippen molar-refractivity contribution in [1.82, 2.24) is 4.31 Å². The van der Waals surface area contributed by atoms with Crippen LogP contribution in [0.4, 0.5) is 5.69 Å². The van der Waals surface area contributed by atoms with Gasteiger partial charge in [0.15, 0.2) is 0 Å². The number of hydrogen-bond acceptors (Lipinski definition) is 5. The SMILES string of the molecule is COc1ccc(NC(=O)C2CCCCN2S(=O)(=O)c2cccs2)c2ccccc12. The van der Waals surface area contributed by atoms with Gasteiger partial charge >= 0.3 is 0 Å². The number of sulfonamides is 1. The van der Waals surface area contributed by atoms with Crippen molar-refractivity contribution in [2.45, 2.75) is 29.5 Å². The molecule has 1 saturated heterocycles. The number of carbonyl (C=O) groups excluding carboxylic acids is 1. The summed E-state index contributed by atoms with van der Waals surface area (Å²) in [6.45, 7) is 0.349. The zero-order valence-electron chi connectivity index (χ0n) is 16.0. The molecule has 1 aromatic heterocycles. The molecule has 0 aliphatic carbocycles. The maximum atomic E-state index is 13.1. The highest BCUT2D eigenvalue weighted by Gasteiger charge is 2.38. The van der Waals surface area contributed by atoms with Gasteiger partial charge in [0.2, 0.25) is 5.91 Å². The fraction of sp³-hybridized carbons (Fsp3) is 0.286. The van der Waals surface area contributed by atoms with Crippen LogP contribution in [-0.4, -0.2) is 38.3 Å². The molecule has 1 amide bonds. The summed E-state index contributed by atoms with van der Waals surface area (Å²) in [5.74, 6) is 0.415. The molecule has 4 rings (SSSR count). The fourth-order valence-corrected chi connectivity index (χ4v) is 6.53. The molecule has 1 N–H and O–H groups in total. The average molecular weight is 431 g/mol. The first-order valence-corrected chi connectivity index (χ1v) is 11.8. The van der Waals surface area contributed by atoms with E-state index in [2.05, 4.69) is 5.32 Å². The van der Waals surface area contributed by atoms with Gasteiger partial charge in [-0.25, -0.2) is 8.42 Å². The van der Waals surface area contributed by atoms with Crippen molar-refractivity contribution in [3.05, 3.63) is 53.9 Å². The van der Waals surface area contributed by atoms with E-state index in [0.29, 0.717) is 18.7 Å². The molecule has 0 spiro atoms. The lowest BCUT2D eigenvalue weighted by Gasteiger charge is -2.33. The molecule has 0 saturated carbocycles. The van der Waals surface area contributed by atoms with Crippen molar-refractivity contribution < 1.29 is 17.9 Å². The molecule has 1 aliphatic rings. The number of nitrogens with zero attached hydrogens (tertiary/aromatic N) is 1. The molecule has 1 fully saturated rings. The molecular weight excluding hydrogens is 408 g/mol. The van der Waals surface area contributed by atoms with Gasteiger partial charge in [0.25, 0.3) is 10.0 Å². The van der Waals surface area contributed by atoms with Gasteiger partial charge in [-0.15, -0.1) is 11.3 Å². The zero-order chi connectivity index (χ0) is 20.4. The van der Waals surface area contributed by atoms with Gasteiger partial charge in [0.05, 0.1) is 7.11 Å². The molecule has 1 atom stereocenters. The van der Waals surface area contributed by atoms with Gasteiger partial charge in [0, 0.05) is 23.0 Å². The number of piperidine rings is 1. The van der Waals surface area contributed by atoms with E-state index in [0.717, 1.165) is 29.4 Å². The van der Waals surface area contributed by atoms with Gasteiger partial charge in [0.1, 0.15) is 16.0 Å². The summed E-state index contributed by atoms with van der Waals surface area (Å²) >= 11 is 1.17. The summed E-state index contributed by atoms with van der Waals surface area (Å²) in [5.41, 5.74) is 0.644. The van der Waals surface area contributed by atoms with Crippen LogP contribution in [0.3, 0.4) is 0 Å². The minimum absolute atomic E-state index is 0.270. The lowest BCUT2D eigenvalue weighted by atomic mass is 10.0. The molecule has 3 aromatic rings. The van der Waals surface area contributed by atoms with Crippen LogP contribution in [0, 0.1) is 0 Å². The van der Waals surface area contributed by atoms with E-state index in [1.54, 1.807) is 36.8 Å². The Kier molecular flexibility index (Phi) is 5.58. The molecular formula is C21H22N2O4S2. The molecule has 0 radical (unpaired) electrons. The van der Waals surface area contributed by atoms with Gasteiger partial charge < -0.3 is 10.1 Å². The third-order valence-corrected chi connectivity index (χ3v) is 8.46. The number of benzene rings is 2. The van der Waals surface area contributed by atoms with E-state index in [4.69, 9.17) is 4.74 Å². The Morgan fingerprint density at radius 3 is 2.62 bits per heavy atom. The van der Waals surface area contributed by atoms with E-state index >= 15 is 0 Å². The minimum atomic E-state index is -3.69. The van der Waals surface area contributed by atoms with Crippen LogP contribution < -0.4 is 10.1 Å². The summed E-state index contributed by atoms with van der Waals surface area (Å²) < 4.78 is 33.1. The van der Waals surface area contributed by atoms with E-state index in [-0.39, 0.29) is 10.1 Å². The van der Waals surface area contributed by atoms with E-state index in [1.165, 1.54) is 15.6 Å². The lowest BCUT2D eigenvalue weighted by Crippen LogP contribution is -2.49. The standard InChI is InChI=1S/C21H22N2O4S2/c1-27-19-12-11-17(15-7-2-3-8-16(15)19)22-21(24)18-9-4-5-13-23(18)29(25,26)20-10-6-14-28-20/h2-3,6-8,10-12,14,18H,4-5,9,13H2,1H3,(H,22,24). The number of rotatable bonds is 5. The molecule has 152 valence electrons. The molecule has 1 aliphatic heterocycles. The number of nitrogens with one attached hydrogen (secondary N) is 1. The van der Waals surface area contributed by atoms with E-state index in [1.807, 2.05) is 24.3 Å². The summed E-state index contributed by atoms with van der Waals surface area (Å²) in [7, 11) is -2.08. The third-order valence-electron chi connectivity index (χ3n) is 5.18. The molecule has 2 aromatic carbocycles. The average Bonchev–Trinajstić information content (AvgIpc) is 3.30. The van der Waals surface area contributed by atoms with Crippen molar-refractivity contribution in [3.8, 4) is 5.75 Å². The topological polar surface area (TPSA) is 75.7 Å². The van der Waals surface area contributed by atoms with Crippen LogP contribution >= 0.6 is 11.3 Å². The highest BCUT2D eigenvalue weighted by atomic mass is 32.2. The maximum absolute atomic E-state index is 13.1. The van der Waals surface area contributed by atoms with Crippen LogP contribution in [0.5, 0.6) is 5.75 Å². The number of anilines is 1. The molecule has 29 heavy (non-hydrogen) atoms. The molecule has 8 heteroatoms. The Hall–Kier alpha value is -2.42. The first-order valence-electron chi connectivity index (χ1n) is 9.44. The van der Waals surface area contributed by atoms with Crippen molar-refractivity contribution in [2.24, 2.45) is 0 Å². The Balaban J connectivity index is 1.65. The highest BCUT2D eigenvalue weighted by Crippen LogP contribution is 2.33. The second-order valence-electron chi connectivity index (χ2n) is 6.91. The van der Waals surface area contributed by atoms with Crippen molar-refractivity contribution in [1.29, 1.82) is 0 Å². The molecule has 1 unspecified atom stereocenters. The highest BCUT2D eigenvalue weighted by molar-refractivity contribution is 7.91. The van der Waals surface area contributed by atoms with Crippen molar-refractivity contribution >= 4 is 43.7 Å². The summed E-state index contributed by atoms with van der Waals surface area (Å²) in [5, 5.41) is 6.43. The first kappa shape index (κ1) is 19.9. The zero-order valence-corrected chi connectivity index (χ0v) is 17.6. The lowest BCUT2D eigenvalue weighted by molar-refractivity contribution is -0.120. The monoisotopic (exact) mass is 430 g/mol. The smallest absolute Gasteiger partial charge is 0.253 e. The van der Waals surface area contributed by atoms with Gasteiger partial charge in [-0.2, -0.15) is 4.31 Å². The predicted octanol–water partition coefficient (Wildman–Crippen LogP) is 4.09. The maximum Gasteiger partial charge on any atom is 0.253 e. The number of ether oxygens (including phenoxy) is 1. The summed E-state index contributed by atoms with van der Waals surface area (Å²) in [6.07, 6.45) is 2.07. The van der Waals surface area contributed by atoms with Crippen LogP contribution in [0.1, 0.15) is 19.3 Å². The van der Waals surface area contributed by atoms with E-state index in [9.17, 15) is 13.2 Å². The van der Waals surface area contributed by atoms with Gasteiger partial charge in [-0.1, -0.05) is 36.8 Å². The normalized spacial score (nSPS) is 17.9. The predicted molar refractivity (Wildman–Crippen MR) is 115 cm³/mol. The Morgan fingerprint density at radius 1 is 1.10 bits per heavy atom. The van der Waals surface area contributed by atoms with Crippen molar-refractivity contribution in [2.75, 3.05) is 19.0 Å².